The molecule has 2 N–H and O–H groups in total. The lowest BCUT2D eigenvalue weighted by atomic mass is 10.1. The number of aryl methyl sites for hydroxylation is 1. The van der Waals surface area contributed by atoms with Gasteiger partial charge in [-0.2, -0.15) is 22.8 Å². The number of rotatable bonds is 4. The molecule has 1 aromatic carbocycles. The molecule has 3 aromatic heterocycles. The molecule has 32 heavy (non-hydrogen) atoms. The van der Waals surface area contributed by atoms with Crippen molar-refractivity contribution in [3.63, 3.8) is 0 Å². The first-order valence-corrected chi connectivity index (χ1v) is 9.30. The first-order valence-electron chi connectivity index (χ1n) is 9.30. The second-order valence-corrected chi connectivity index (χ2v) is 6.81. The number of anilines is 1. The number of aromatic nitrogens is 4. The van der Waals surface area contributed by atoms with E-state index >= 15 is 0 Å². The molecule has 164 valence electrons. The van der Waals surface area contributed by atoms with E-state index in [1.54, 1.807) is 18.2 Å². The predicted octanol–water partition coefficient (Wildman–Crippen LogP) is 3.67. The van der Waals surface area contributed by atoms with Crippen LogP contribution in [0, 0.1) is 6.92 Å². The van der Waals surface area contributed by atoms with Gasteiger partial charge in [0.1, 0.15) is 11.2 Å². The van der Waals surface area contributed by atoms with E-state index in [0.29, 0.717) is 4.52 Å². The third-order valence-electron chi connectivity index (χ3n) is 4.78. The number of halogens is 3. The topological polar surface area (TPSA) is 101 Å². The lowest BCUT2D eigenvalue weighted by Crippen LogP contribution is -2.29. The first kappa shape index (κ1) is 21.1. The second-order valence-electron chi connectivity index (χ2n) is 6.81. The van der Waals surface area contributed by atoms with Gasteiger partial charge in [0, 0.05) is 11.9 Å². The van der Waals surface area contributed by atoms with Gasteiger partial charge in [0.05, 0.1) is 24.6 Å². The summed E-state index contributed by atoms with van der Waals surface area (Å²) < 4.78 is 46.9. The molecule has 0 spiro atoms. The number of fused-ring (bicyclic) bond motifs is 1. The average Bonchev–Trinajstić information content (AvgIpc) is 3.15. The van der Waals surface area contributed by atoms with E-state index in [9.17, 15) is 22.8 Å². The standard InChI is InChI=1S/C21H16F3N5O3/c1-11-15(19(30)27-13-8-9-25-10-14(13)32-2)20(31)29-18(26-11)16(12-6-4-3-5-7-12)17(28-29)21(22,23)24/h3-10,26H,1-2H3,(H,25,27,30). The van der Waals surface area contributed by atoms with Crippen LogP contribution in [0.4, 0.5) is 18.9 Å². The molecule has 0 unspecified atom stereocenters. The summed E-state index contributed by atoms with van der Waals surface area (Å²) in [5.41, 5.74) is -2.49. The van der Waals surface area contributed by atoms with E-state index in [4.69, 9.17) is 4.74 Å². The molecule has 0 radical (unpaired) electrons. The zero-order chi connectivity index (χ0) is 23.0. The smallest absolute Gasteiger partial charge is 0.435 e. The highest BCUT2D eigenvalue weighted by Gasteiger charge is 2.39. The molecule has 11 heteroatoms. The van der Waals surface area contributed by atoms with Crippen LogP contribution in [-0.4, -0.2) is 32.6 Å². The van der Waals surface area contributed by atoms with E-state index < -0.39 is 23.3 Å². The molecule has 8 nitrogen and oxygen atoms in total. The number of amides is 1. The van der Waals surface area contributed by atoms with Crippen LogP contribution >= 0.6 is 0 Å². The minimum Gasteiger partial charge on any atom is -0.493 e. The summed E-state index contributed by atoms with van der Waals surface area (Å²) in [6.07, 6.45) is -2.04. The third-order valence-corrected chi connectivity index (χ3v) is 4.78. The summed E-state index contributed by atoms with van der Waals surface area (Å²) >= 11 is 0. The van der Waals surface area contributed by atoms with Crippen LogP contribution in [0.3, 0.4) is 0 Å². The molecule has 0 aliphatic heterocycles. The maximum Gasteiger partial charge on any atom is 0.435 e. The number of nitrogens with zero attached hydrogens (tertiary/aromatic N) is 3. The average molecular weight is 443 g/mol. The van der Waals surface area contributed by atoms with Crippen molar-refractivity contribution in [2.75, 3.05) is 12.4 Å². The molecule has 3 heterocycles. The monoisotopic (exact) mass is 443 g/mol. The maximum atomic E-state index is 13.7. The van der Waals surface area contributed by atoms with Crippen molar-refractivity contribution in [2.45, 2.75) is 13.1 Å². The summed E-state index contributed by atoms with van der Waals surface area (Å²) in [4.78, 5) is 32.5. The predicted molar refractivity (Wildman–Crippen MR) is 110 cm³/mol. The number of H-pyrrole nitrogens is 1. The number of carbonyl (C=O) groups excluding carboxylic acids is 1. The zero-order valence-corrected chi connectivity index (χ0v) is 16.8. The van der Waals surface area contributed by atoms with E-state index in [2.05, 4.69) is 20.4 Å². The van der Waals surface area contributed by atoms with Crippen molar-refractivity contribution in [1.82, 2.24) is 19.6 Å². The third kappa shape index (κ3) is 3.57. The number of carbonyl (C=O) groups is 1. The van der Waals surface area contributed by atoms with Crippen LogP contribution in [-0.2, 0) is 6.18 Å². The Bertz CT molecular complexity index is 1380. The molecule has 0 saturated carbocycles. The quantitative estimate of drug-likeness (QED) is 0.501. The van der Waals surface area contributed by atoms with Crippen LogP contribution in [0.2, 0.25) is 0 Å². The second kappa shape index (κ2) is 7.84. The normalized spacial score (nSPS) is 11.5. The molecule has 0 saturated heterocycles. The SMILES string of the molecule is COc1cnccc1NC(=O)c1c(C)[nH]c2c(-c3ccccc3)c(C(F)(F)F)nn2c1=O. The van der Waals surface area contributed by atoms with Crippen LogP contribution in [0.1, 0.15) is 21.7 Å². The molecule has 0 fully saturated rings. The number of methoxy groups -OCH3 is 1. The van der Waals surface area contributed by atoms with Crippen molar-refractivity contribution < 1.29 is 22.7 Å². The van der Waals surface area contributed by atoms with Crippen molar-refractivity contribution in [1.29, 1.82) is 0 Å². The highest BCUT2D eigenvalue weighted by atomic mass is 19.4. The zero-order valence-electron chi connectivity index (χ0n) is 16.8. The number of nitrogens with one attached hydrogen (secondary N) is 2. The fourth-order valence-corrected chi connectivity index (χ4v) is 3.36. The van der Waals surface area contributed by atoms with Crippen LogP contribution in [0.25, 0.3) is 16.8 Å². The van der Waals surface area contributed by atoms with Gasteiger partial charge in [-0.3, -0.25) is 14.6 Å². The summed E-state index contributed by atoms with van der Waals surface area (Å²) in [6, 6.07) is 9.24. The number of alkyl halides is 3. The fraction of sp³-hybridized carbons (Fsp3) is 0.143. The first-order chi connectivity index (χ1) is 15.2. The van der Waals surface area contributed by atoms with E-state index in [1.165, 1.54) is 44.6 Å². The van der Waals surface area contributed by atoms with Crippen molar-refractivity contribution in [2.24, 2.45) is 0 Å². The van der Waals surface area contributed by atoms with Gasteiger partial charge in [0.15, 0.2) is 11.4 Å². The Balaban J connectivity index is 1.91. The van der Waals surface area contributed by atoms with Gasteiger partial charge >= 0.3 is 6.18 Å². The van der Waals surface area contributed by atoms with Crippen LogP contribution in [0.15, 0.2) is 53.6 Å². The van der Waals surface area contributed by atoms with Crippen LogP contribution in [0.5, 0.6) is 5.75 Å². The molecule has 4 aromatic rings. The summed E-state index contributed by atoms with van der Waals surface area (Å²) in [7, 11) is 1.38. The molecular formula is C21H16F3N5O3. The summed E-state index contributed by atoms with van der Waals surface area (Å²) in [5, 5.41) is 6.04. The van der Waals surface area contributed by atoms with Gasteiger partial charge in [-0.1, -0.05) is 30.3 Å². The lowest BCUT2D eigenvalue weighted by Gasteiger charge is -2.11. The Morgan fingerprint density at radius 1 is 1.19 bits per heavy atom. The van der Waals surface area contributed by atoms with Crippen molar-refractivity contribution in [3.8, 4) is 16.9 Å². The number of ether oxygens (including phenoxy) is 1. The highest BCUT2D eigenvalue weighted by molar-refractivity contribution is 6.05. The number of aromatic amines is 1. The number of benzene rings is 1. The fourth-order valence-electron chi connectivity index (χ4n) is 3.36. The van der Waals surface area contributed by atoms with Gasteiger partial charge < -0.3 is 15.0 Å². The summed E-state index contributed by atoms with van der Waals surface area (Å²) in [6.45, 7) is 1.43. The van der Waals surface area contributed by atoms with Gasteiger partial charge in [-0.25, -0.2) is 0 Å². The van der Waals surface area contributed by atoms with Gasteiger partial charge in [-0.05, 0) is 18.6 Å². The van der Waals surface area contributed by atoms with Gasteiger partial charge in [0.25, 0.3) is 11.5 Å². The maximum absolute atomic E-state index is 13.7. The Morgan fingerprint density at radius 3 is 2.56 bits per heavy atom. The molecule has 0 bridgehead atoms. The lowest BCUT2D eigenvalue weighted by molar-refractivity contribution is -0.140. The van der Waals surface area contributed by atoms with E-state index in [0.717, 1.165) is 0 Å². The minimum atomic E-state index is -4.82. The number of hydrogen-bond donors (Lipinski definition) is 2. The molecule has 0 aliphatic rings. The Kier molecular flexibility index (Phi) is 5.17. The number of hydrogen-bond acceptors (Lipinski definition) is 5. The summed E-state index contributed by atoms with van der Waals surface area (Å²) in [5.74, 6) is -0.582. The molecule has 0 atom stereocenters. The van der Waals surface area contributed by atoms with Crippen molar-refractivity contribution >= 4 is 17.2 Å². The largest absolute Gasteiger partial charge is 0.493 e. The van der Waals surface area contributed by atoms with E-state index in [-0.39, 0.29) is 39.5 Å². The number of pyridine rings is 1. The van der Waals surface area contributed by atoms with Crippen molar-refractivity contribution in [3.05, 3.63) is 76.1 Å². The Morgan fingerprint density at radius 2 is 1.91 bits per heavy atom. The highest BCUT2D eigenvalue weighted by Crippen LogP contribution is 2.38. The van der Waals surface area contributed by atoms with E-state index in [1.807, 2.05) is 0 Å². The Hall–Kier alpha value is -4.15. The molecule has 4 rings (SSSR count). The molecule has 1 amide bonds. The van der Waals surface area contributed by atoms with Gasteiger partial charge in [-0.15, -0.1) is 0 Å². The van der Waals surface area contributed by atoms with Crippen LogP contribution < -0.4 is 15.6 Å². The molecular weight excluding hydrogens is 427 g/mol. The Labute approximate surface area is 178 Å². The van der Waals surface area contributed by atoms with Gasteiger partial charge in [0.2, 0.25) is 0 Å². The minimum absolute atomic E-state index is 0.0822. The molecule has 0 aliphatic carbocycles.